The Morgan fingerprint density at radius 2 is 1.60 bits per heavy atom. The van der Waals surface area contributed by atoms with Crippen LogP contribution in [0.4, 0.5) is 28.8 Å². The van der Waals surface area contributed by atoms with E-state index in [9.17, 15) is 4.79 Å². The molecular weight excluding hydrogens is 504 g/mol. The van der Waals surface area contributed by atoms with Crippen molar-refractivity contribution in [2.24, 2.45) is 0 Å². The molecule has 208 valence electrons. The van der Waals surface area contributed by atoms with E-state index in [2.05, 4.69) is 39.7 Å². The largest absolute Gasteiger partial charge is 0.495 e. The number of likely N-dealkylation sites (N-methyl/N-ethyl adjacent to an activating group) is 1. The Bertz CT molecular complexity index is 1390. The number of carbonyl (C=O) groups excluding carboxylic acids is 1. The first kappa shape index (κ1) is 28.4. The zero-order valence-corrected chi connectivity index (χ0v) is 23.4. The van der Waals surface area contributed by atoms with Gasteiger partial charge in [-0.1, -0.05) is 38.1 Å². The summed E-state index contributed by atoms with van der Waals surface area (Å²) in [7, 11) is 1.63. The SMILES string of the molecule is CCN(CC)CCOc1ccc(Nc2ncc(-c3ccc(NC(C)=O)cc3)c(Nc3ccccc3OC)n2)cc1. The molecule has 0 saturated heterocycles. The monoisotopic (exact) mass is 540 g/mol. The summed E-state index contributed by atoms with van der Waals surface area (Å²) >= 11 is 0. The highest BCUT2D eigenvalue weighted by Crippen LogP contribution is 2.33. The maximum absolute atomic E-state index is 11.4. The minimum atomic E-state index is -0.121. The molecule has 3 N–H and O–H groups in total. The summed E-state index contributed by atoms with van der Waals surface area (Å²) in [6, 6.07) is 22.9. The van der Waals surface area contributed by atoms with E-state index in [0.29, 0.717) is 24.1 Å². The van der Waals surface area contributed by atoms with Gasteiger partial charge in [0.1, 0.15) is 23.9 Å². The van der Waals surface area contributed by atoms with Crippen molar-refractivity contribution < 1.29 is 14.3 Å². The molecule has 3 aromatic carbocycles. The van der Waals surface area contributed by atoms with Crippen molar-refractivity contribution in [3.05, 3.63) is 79.0 Å². The standard InChI is InChI=1S/C31H36N6O3/c1-5-37(6-2)19-20-40-26-17-15-25(16-18-26)34-31-32-21-27(23-11-13-24(14-12-23)33-22(3)38)30(36-31)35-28-9-7-8-10-29(28)39-4/h7-18,21H,5-6,19-20H2,1-4H3,(H,33,38)(H2,32,34,35,36). The lowest BCUT2D eigenvalue weighted by Gasteiger charge is -2.18. The molecule has 0 fully saturated rings. The molecule has 0 aliphatic rings. The van der Waals surface area contributed by atoms with Crippen molar-refractivity contribution in [1.29, 1.82) is 0 Å². The first-order valence-electron chi connectivity index (χ1n) is 13.4. The van der Waals surface area contributed by atoms with Gasteiger partial charge in [-0.15, -0.1) is 0 Å². The first-order valence-corrected chi connectivity index (χ1v) is 13.4. The van der Waals surface area contributed by atoms with Crippen LogP contribution in [0, 0.1) is 0 Å². The summed E-state index contributed by atoms with van der Waals surface area (Å²) in [4.78, 5) is 23.1. The molecule has 4 aromatic rings. The predicted octanol–water partition coefficient (Wildman–Crippen LogP) is 6.32. The number of anilines is 5. The van der Waals surface area contributed by atoms with Crippen LogP contribution in [0.5, 0.6) is 11.5 Å². The third-order valence-corrected chi connectivity index (χ3v) is 6.35. The smallest absolute Gasteiger partial charge is 0.229 e. The lowest BCUT2D eigenvalue weighted by atomic mass is 10.1. The van der Waals surface area contributed by atoms with Gasteiger partial charge in [0.15, 0.2) is 0 Å². The van der Waals surface area contributed by atoms with Crippen LogP contribution in [-0.4, -0.2) is 54.1 Å². The summed E-state index contributed by atoms with van der Waals surface area (Å²) < 4.78 is 11.4. The zero-order chi connectivity index (χ0) is 28.3. The van der Waals surface area contributed by atoms with E-state index in [0.717, 1.165) is 53.6 Å². The number of hydrogen-bond acceptors (Lipinski definition) is 8. The molecule has 0 aliphatic carbocycles. The fourth-order valence-electron chi connectivity index (χ4n) is 4.16. The highest BCUT2D eigenvalue weighted by atomic mass is 16.5. The van der Waals surface area contributed by atoms with Gasteiger partial charge in [-0.2, -0.15) is 4.98 Å². The van der Waals surface area contributed by atoms with Crippen molar-refractivity contribution >= 4 is 34.7 Å². The second-order valence-corrected chi connectivity index (χ2v) is 9.06. The van der Waals surface area contributed by atoms with Crippen molar-refractivity contribution in [3.8, 4) is 22.6 Å². The summed E-state index contributed by atoms with van der Waals surface area (Å²) in [6.45, 7) is 9.35. The van der Waals surface area contributed by atoms with Crippen LogP contribution in [0.25, 0.3) is 11.1 Å². The van der Waals surface area contributed by atoms with E-state index < -0.39 is 0 Å². The maximum atomic E-state index is 11.4. The molecule has 9 nitrogen and oxygen atoms in total. The Morgan fingerprint density at radius 1 is 0.900 bits per heavy atom. The van der Waals surface area contributed by atoms with Gasteiger partial charge in [-0.05, 0) is 67.2 Å². The molecular formula is C31H36N6O3. The van der Waals surface area contributed by atoms with Crippen LogP contribution in [0.15, 0.2) is 79.0 Å². The highest BCUT2D eigenvalue weighted by Gasteiger charge is 2.13. The molecule has 4 rings (SSSR count). The Balaban J connectivity index is 1.55. The van der Waals surface area contributed by atoms with Crippen LogP contribution in [0.3, 0.4) is 0 Å². The minimum Gasteiger partial charge on any atom is -0.495 e. The molecule has 0 spiro atoms. The van der Waals surface area contributed by atoms with Gasteiger partial charge < -0.3 is 30.3 Å². The number of amides is 1. The van der Waals surface area contributed by atoms with Gasteiger partial charge >= 0.3 is 0 Å². The predicted molar refractivity (Wildman–Crippen MR) is 161 cm³/mol. The van der Waals surface area contributed by atoms with Gasteiger partial charge in [0.2, 0.25) is 11.9 Å². The molecule has 1 aromatic heterocycles. The molecule has 1 amide bonds. The zero-order valence-electron chi connectivity index (χ0n) is 23.4. The normalized spacial score (nSPS) is 10.7. The van der Waals surface area contributed by atoms with Crippen molar-refractivity contribution in [1.82, 2.24) is 14.9 Å². The maximum Gasteiger partial charge on any atom is 0.229 e. The van der Waals surface area contributed by atoms with Crippen molar-refractivity contribution in [3.63, 3.8) is 0 Å². The van der Waals surface area contributed by atoms with Crippen molar-refractivity contribution in [2.45, 2.75) is 20.8 Å². The van der Waals surface area contributed by atoms with E-state index in [-0.39, 0.29) is 5.91 Å². The van der Waals surface area contributed by atoms with Crippen molar-refractivity contribution in [2.75, 3.05) is 49.3 Å². The number of aromatic nitrogens is 2. The third kappa shape index (κ3) is 7.70. The fraction of sp³-hybridized carbons (Fsp3) is 0.258. The molecule has 0 bridgehead atoms. The molecule has 40 heavy (non-hydrogen) atoms. The number of hydrogen-bond donors (Lipinski definition) is 3. The lowest BCUT2D eigenvalue weighted by molar-refractivity contribution is -0.114. The molecule has 9 heteroatoms. The highest BCUT2D eigenvalue weighted by molar-refractivity contribution is 5.89. The molecule has 0 atom stereocenters. The van der Waals surface area contributed by atoms with E-state index in [4.69, 9.17) is 14.5 Å². The minimum absolute atomic E-state index is 0.121. The number of carbonyl (C=O) groups is 1. The average molecular weight is 541 g/mol. The van der Waals surface area contributed by atoms with Crippen LogP contribution in [-0.2, 0) is 4.79 Å². The Hall–Kier alpha value is -4.63. The van der Waals surface area contributed by atoms with Gasteiger partial charge in [-0.25, -0.2) is 4.98 Å². The summed E-state index contributed by atoms with van der Waals surface area (Å²) in [5.41, 5.74) is 4.02. The summed E-state index contributed by atoms with van der Waals surface area (Å²) in [5, 5.41) is 9.48. The number of nitrogens with zero attached hydrogens (tertiary/aromatic N) is 3. The molecule has 0 unspecified atom stereocenters. The van der Waals surface area contributed by atoms with E-state index >= 15 is 0 Å². The second-order valence-electron chi connectivity index (χ2n) is 9.06. The number of rotatable bonds is 13. The number of methoxy groups -OCH3 is 1. The van der Waals surface area contributed by atoms with Gasteiger partial charge in [0.25, 0.3) is 0 Å². The average Bonchev–Trinajstić information content (AvgIpc) is 2.97. The molecule has 1 heterocycles. The van der Waals surface area contributed by atoms with Gasteiger partial charge in [-0.3, -0.25) is 4.79 Å². The number of para-hydroxylation sites is 2. The van der Waals surface area contributed by atoms with Gasteiger partial charge in [0.05, 0.1) is 12.8 Å². The second kappa shape index (κ2) is 14.0. The third-order valence-electron chi connectivity index (χ3n) is 6.35. The van der Waals surface area contributed by atoms with Gasteiger partial charge in [0, 0.05) is 36.6 Å². The summed E-state index contributed by atoms with van der Waals surface area (Å²) in [5.74, 6) is 2.43. The van der Waals surface area contributed by atoms with Crippen LogP contribution in [0.1, 0.15) is 20.8 Å². The molecule has 0 saturated carbocycles. The van der Waals surface area contributed by atoms with E-state index in [1.54, 1.807) is 13.3 Å². The van der Waals surface area contributed by atoms with Crippen LogP contribution >= 0.6 is 0 Å². The van der Waals surface area contributed by atoms with Crippen LogP contribution < -0.4 is 25.4 Å². The fourth-order valence-corrected chi connectivity index (χ4v) is 4.16. The molecule has 0 radical (unpaired) electrons. The topological polar surface area (TPSA) is 101 Å². The lowest BCUT2D eigenvalue weighted by Crippen LogP contribution is -2.27. The number of benzene rings is 3. The quantitative estimate of drug-likeness (QED) is 0.181. The van der Waals surface area contributed by atoms with Crippen LogP contribution in [0.2, 0.25) is 0 Å². The summed E-state index contributed by atoms with van der Waals surface area (Å²) in [6.07, 6.45) is 1.77. The van der Waals surface area contributed by atoms with E-state index in [1.807, 2.05) is 72.8 Å². The Kier molecular flexibility index (Phi) is 9.90. The number of nitrogens with one attached hydrogen (secondary N) is 3. The first-order chi connectivity index (χ1) is 19.5. The molecule has 0 aliphatic heterocycles. The number of ether oxygens (including phenoxy) is 2. The Morgan fingerprint density at radius 3 is 2.27 bits per heavy atom. The Labute approximate surface area is 235 Å². The van der Waals surface area contributed by atoms with E-state index in [1.165, 1.54) is 6.92 Å².